The van der Waals surface area contributed by atoms with Crippen molar-refractivity contribution in [3.8, 4) is 0 Å². The Balaban J connectivity index is 2.00. The Morgan fingerprint density at radius 1 is 1.33 bits per heavy atom. The van der Waals surface area contributed by atoms with E-state index in [-0.39, 0.29) is 31.6 Å². The lowest BCUT2D eigenvalue weighted by Gasteiger charge is -2.22. The zero-order chi connectivity index (χ0) is 13.4. The number of carbonyl (C=O) groups excluding carboxylic acids is 1. The van der Waals surface area contributed by atoms with E-state index in [4.69, 9.17) is 4.74 Å². The summed E-state index contributed by atoms with van der Waals surface area (Å²) in [4.78, 5) is 11.3. The van der Waals surface area contributed by atoms with Crippen LogP contribution in [0.3, 0.4) is 0 Å². The van der Waals surface area contributed by atoms with Crippen molar-refractivity contribution in [2.75, 3.05) is 26.2 Å². The molecule has 4 nitrogen and oxygen atoms in total. The van der Waals surface area contributed by atoms with Gasteiger partial charge >= 0.3 is 6.18 Å². The number of nitrogens with one attached hydrogen (secondary N) is 2. The molecule has 1 rings (SSSR count). The molecule has 0 atom stereocenters. The Kier molecular flexibility index (Phi) is 6.42. The van der Waals surface area contributed by atoms with Crippen LogP contribution in [0, 0.1) is 0 Å². The number of piperidine rings is 1. The summed E-state index contributed by atoms with van der Waals surface area (Å²) in [5.74, 6) is -0.351. The molecule has 2 N–H and O–H groups in total. The normalized spacial score (nSPS) is 17.7. The van der Waals surface area contributed by atoms with Gasteiger partial charge in [-0.3, -0.25) is 4.79 Å². The second-order valence-corrected chi connectivity index (χ2v) is 4.33. The lowest BCUT2D eigenvalue weighted by atomic mass is 10.1. The fourth-order valence-corrected chi connectivity index (χ4v) is 1.72. The van der Waals surface area contributed by atoms with E-state index in [1.807, 2.05) is 0 Å². The van der Waals surface area contributed by atoms with Crippen LogP contribution in [0.1, 0.15) is 25.7 Å². The average molecular weight is 268 g/mol. The van der Waals surface area contributed by atoms with E-state index in [1.54, 1.807) is 0 Å². The Morgan fingerprint density at radius 3 is 2.61 bits per heavy atom. The summed E-state index contributed by atoms with van der Waals surface area (Å²) < 4.78 is 40.9. The molecular weight excluding hydrogens is 249 g/mol. The summed E-state index contributed by atoms with van der Waals surface area (Å²) in [6.45, 7) is 1.71. The Morgan fingerprint density at radius 2 is 2.00 bits per heavy atom. The lowest BCUT2D eigenvalue weighted by molar-refractivity contribution is -0.137. The minimum atomic E-state index is -4.16. The predicted molar refractivity (Wildman–Crippen MR) is 60.1 cm³/mol. The second kappa shape index (κ2) is 7.58. The molecule has 1 amide bonds. The fourth-order valence-electron chi connectivity index (χ4n) is 1.72. The maximum atomic E-state index is 11.8. The van der Waals surface area contributed by atoms with E-state index in [1.165, 1.54) is 0 Å². The van der Waals surface area contributed by atoms with Crippen LogP contribution in [0.2, 0.25) is 0 Å². The van der Waals surface area contributed by atoms with Crippen LogP contribution in [0.4, 0.5) is 13.2 Å². The van der Waals surface area contributed by atoms with Gasteiger partial charge in [0.2, 0.25) is 5.91 Å². The maximum absolute atomic E-state index is 11.8. The van der Waals surface area contributed by atoms with Gasteiger partial charge in [0.15, 0.2) is 0 Å². The van der Waals surface area contributed by atoms with Gasteiger partial charge in [0.1, 0.15) is 6.61 Å². The summed E-state index contributed by atoms with van der Waals surface area (Å²) in [6, 6.07) is 0. The summed E-state index contributed by atoms with van der Waals surface area (Å²) in [5, 5.41) is 5.59. The molecule has 0 bridgehead atoms. The largest absolute Gasteiger partial charge is 0.389 e. The first kappa shape index (κ1) is 15.2. The van der Waals surface area contributed by atoms with Crippen LogP contribution >= 0.6 is 0 Å². The van der Waals surface area contributed by atoms with Crippen molar-refractivity contribution in [1.29, 1.82) is 0 Å². The first-order valence-electron chi connectivity index (χ1n) is 6.13. The number of hydrogen-bond acceptors (Lipinski definition) is 3. The van der Waals surface area contributed by atoms with Crippen molar-refractivity contribution in [3.05, 3.63) is 0 Å². The van der Waals surface area contributed by atoms with Crippen molar-refractivity contribution in [3.63, 3.8) is 0 Å². The molecule has 1 aliphatic heterocycles. The number of carbonyl (C=O) groups is 1. The van der Waals surface area contributed by atoms with E-state index >= 15 is 0 Å². The quantitative estimate of drug-likeness (QED) is 0.712. The highest BCUT2D eigenvalue weighted by Crippen LogP contribution is 2.20. The molecule has 1 fully saturated rings. The van der Waals surface area contributed by atoms with E-state index in [9.17, 15) is 18.0 Å². The van der Waals surface area contributed by atoms with Crippen LogP contribution in [-0.4, -0.2) is 44.4 Å². The third kappa shape index (κ3) is 7.50. The molecule has 106 valence electrons. The predicted octanol–water partition coefficient (Wildman–Crippen LogP) is 1.21. The number of hydrogen-bond donors (Lipinski definition) is 2. The smallest absolute Gasteiger partial charge is 0.368 e. The topological polar surface area (TPSA) is 50.4 Å². The van der Waals surface area contributed by atoms with Crippen LogP contribution < -0.4 is 10.6 Å². The van der Waals surface area contributed by atoms with Crippen molar-refractivity contribution in [2.45, 2.75) is 38.0 Å². The van der Waals surface area contributed by atoms with Crippen molar-refractivity contribution < 1.29 is 22.7 Å². The van der Waals surface area contributed by atoms with Crippen LogP contribution in [0.5, 0.6) is 0 Å². The molecule has 0 radical (unpaired) electrons. The van der Waals surface area contributed by atoms with E-state index in [2.05, 4.69) is 10.6 Å². The Hall–Kier alpha value is -0.820. The van der Waals surface area contributed by atoms with E-state index in [0.29, 0.717) is 0 Å². The number of amides is 1. The molecular formula is C11H19F3N2O2. The zero-order valence-corrected chi connectivity index (χ0v) is 10.2. The monoisotopic (exact) mass is 268 g/mol. The third-order valence-electron chi connectivity index (χ3n) is 2.70. The van der Waals surface area contributed by atoms with Gasteiger partial charge in [-0.25, -0.2) is 0 Å². The van der Waals surface area contributed by atoms with Crippen LogP contribution in [-0.2, 0) is 9.53 Å². The Labute approximate surface area is 104 Å². The van der Waals surface area contributed by atoms with Gasteiger partial charge in [0.25, 0.3) is 0 Å². The van der Waals surface area contributed by atoms with Crippen LogP contribution in [0.25, 0.3) is 0 Å². The fraction of sp³-hybridized carbons (Fsp3) is 0.909. The van der Waals surface area contributed by atoms with Gasteiger partial charge in [0.05, 0.1) is 6.10 Å². The van der Waals surface area contributed by atoms with Gasteiger partial charge in [-0.15, -0.1) is 0 Å². The Bertz CT molecular complexity index is 253. The standard InChI is InChI=1S/C11H19F3N2O2/c12-11(13,14)4-1-5-16-10(17)8-18-9-2-6-15-7-3-9/h9,15H,1-8H2,(H,16,17). The average Bonchev–Trinajstić information content (AvgIpc) is 2.32. The molecule has 1 heterocycles. The molecule has 1 aliphatic rings. The zero-order valence-electron chi connectivity index (χ0n) is 10.2. The first-order chi connectivity index (χ1) is 8.47. The van der Waals surface area contributed by atoms with Crippen molar-refractivity contribution in [2.24, 2.45) is 0 Å². The molecule has 0 spiro atoms. The molecule has 7 heteroatoms. The summed E-state index contributed by atoms with van der Waals surface area (Å²) in [6.07, 6.45) is -3.32. The molecule has 1 saturated heterocycles. The second-order valence-electron chi connectivity index (χ2n) is 4.33. The number of alkyl halides is 3. The minimum Gasteiger partial charge on any atom is -0.368 e. The minimum absolute atomic E-state index is 0.0356. The van der Waals surface area contributed by atoms with E-state index < -0.39 is 12.6 Å². The van der Waals surface area contributed by atoms with Crippen molar-refractivity contribution in [1.82, 2.24) is 10.6 Å². The highest BCUT2D eigenvalue weighted by Gasteiger charge is 2.26. The molecule has 18 heavy (non-hydrogen) atoms. The molecule has 0 aromatic rings. The molecule has 0 aromatic heterocycles. The van der Waals surface area contributed by atoms with Gasteiger partial charge in [-0.05, 0) is 32.4 Å². The highest BCUT2D eigenvalue weighted by atomic mass is 19.4. The lowest BCUT2D eigenvalue weighted by Crippen LogP contribution is -2.36. The third-order valence-corrected chi connectivity index (χ3v) is 2.70. The van der Waals surface area contributed by atoms with Gasteiger partial charge in [-0.1, -0.05) is 0 Å². The summed E-state index contributed by atoms with van der Waals surface area (Å²) in [5.41, 5.74) is 0. The molecule has 0 aliphatic carbocycles. The van der Waals surface area contributed by atoms with E-state index in [0.717, 1.165) is 25.9 Å². The van der Waals surface area contributed by atoms with Gasteiger partial charge in [-0.2, -0.15) is 13.2 Å². The van der Waals surface area contributed by atoms with Gasteiger partial charge in [0, 0.05) is 13.0 Å². The summed E-state index contributed by atoms with van der Waals surface area (Å²) in [7, 11) is 0. The highest BCUT2D eigenvalue weighted by molar-refractivity contribution is 5.77. The van der Waals surface area contributed by atoms with Crippen molar-refractivity contribution >= 4 is 5.91 Å². The van der Waals surface area contributed by atoms with Crippen LogP contribution in [0.15, 0.2) is 0 Å². The first-order valence-corrected chi connectivity index (χ1v) is 6.13. The molecule has 0 aromatic carbocycles. The maximum Gasteiger partial charge on any atom is 0.389 e. The SMILES string of the molecule is O=C(COC1CCNCC1)NCCCC(F)(F)F. The van der Waals surface area contributed by atoms with Gasteiger partial charge < -0.3 is 15.4 Å². The number of rotatable bonds is 6. The molecule has 0 unspecified atom stereocenters. The number of halogens is 3. The summed E-state index contributed by atoms with van der Waals surface area (Å²) >= 11 is 0. The number of ether oxygens (including phenoxy) is 1. The molecule has 0 saturated carbocycles.